The molecule has 2 aromatic rings. The molecule has 3 nitrogen and oxygen atoms in total. The quantitative estimate of drug-likeness (QED) is 0.874. The Kier molecular flexibility index (Phi) is 5.13. The summed E-state index contributed by atoms with van der Waals surface area (Å²) in [4.78, 5) is 6.38. The van der Waals surface area contributed by atoms with E-state index in [-0.39, 0.29) is 0 Å². The molecule has 0 aliphatic carbocycles. The van der Waals surface area contributed by atoms with Crippen molar-refractivity contribution in [3.63, 3.8) is 0 Å². The molecule has 1 aromatic heterocycles. The third-order valence-electron chi connectivity index (χ3n) is 3.50. The van der Waals surface area contributed by atoms with Gasteiger partial charge in [0, 0.05) is 38.2 Å². The number of hydrogen-bond donors (Lipinski definition) is 1. The summed E-state index contributed by atoms with van der Waals surface area (Å²) in [7, 11) is 4.15. The first-order chi connectivity index (χ1) is 9.70. The first-order valence-corrected chi connectivity index (χ1v) is 7.05. The van der Waals surface area contributed by atoms with Gasteiger partial charge in [0.25, 0.3) is 0 Å². The van der Waals surface area contributed by atoms with Gasteiger partial charge in [-0.15, -0.1) is 0 Å². The molecule has 0 saturated heterocycles. The summed E-state index contributed by atoms with van der Waals surface area (Å²) in [5.74, 6) is 0. The second-order valence-corrected chi connectivity index (χ2v) is 5.19. The zero-order chi connectivity index (χ0) is 14.4. The van der Waals surface area contributed by atoms with Crippen LogP contribution in [0.4, 0.5) is 5.69 Å². The van der Waals surface area contributed by atoms with Crippen molar-refractivity contribution in [1.29, 1.82) is 0 Å². The fourth-order valence-corrected chi connectivity index (χ4v) is 2.39. The van der Waals surface area contributed by atoms with Crippen LogP contribution in [0.15, 0.2) is 42.7 Å². The van der Waals surface area contributed by atoms with Gasteiger partial charge in [0.05, 0.1) is 0 Å². The summed E-state index contributed by atoms with van der Waals surface area (Å²) in [5, 5.41) is 3.25. The molecule has 106 valence electrons. The van der Waals surface area contributed by atoms with E-state index in [1.54, 1.807) is 0 Å². The minimum atomic E-state index is 0.899. The summed E-state index contributed by atoms with van der Waals surface area (Å²) in [6.45, 7) is 4.04. The highest BCUT2D eigenvalue weighted by Gasteiger charge is 2.07. The third kappa shape index (κ3) is 3.81. The molecule has 1 N–H and O–H groups in total. The van der Waals surface area contributed by atoms with Crippen molar-refractivity contribution in [2.24, 2.45) is 0 Å². The number of aromatic nitrogens is 1. The van der Waals surface area contributed by atoms with Crippen LogP contribution in [0.1, 0.15) is 16.7 Å². The average molecular weight is 269 g/mol. The Bertz CT molecular complexity index is 537. The Morgan fingerprint density at radius 1 is 1.15 bits per heavy atom. The predicted molar refractivity (Wildman–Crippen MR) is 85.2 cm³/mol. The van der Waals surface area contributed by atoms with Crippen molar-refractivity contribution in [2.45, 2.75) is 19.9 Å². The van der Waals surface area contributed by atoms with Crippen LogP contribution in [0.5, 0.6) is 0 Å². The number of rotatable bonds is 6. The van der Waals surface area contributed by atoms with Crippen molar-refractivity contribution in [3.05, 3.63) is 59.4 Å². The first kappa shape index (κ1) is 14.5. The van der Waals surface area contributed by atoms with E-state index in [1.165, 1.54) is 22.4 Å². The maximum absolute atomic E-state index is 4.06. The summed E-state index contributed by atoms with van der Waals surface area (Å²) in [6, 6.07) is 10.8. The molecule has 0 radical (unpaired) electrons. The van der Waals surface area contributed by atoms with E-state index in [2.05, 4.69) is 59.5 Å². The fourth-order valence-electron chi connectivity index (χ4n) is 2.39. The van der Waals surface area contributed by atoms with Crippen molar-refractivity contribution in [2.75, 3.05) is 25.5 Å². The maximum Gasteiger partial charge on any atom is 0.0409 e. The van der Waals surface area contributed by atoms with Crippen molar-refractivity contribution in [1.82, 2.24) is 10.3 Å². The van der Waals surface area contributed by atoms with Gasteiger partial charge in [0.15, 0.2) is 0 Å². The lowest BCUT2D eigenvalue weighted by atomic mass is 10.1. The van der Waals surface area contributed by atoms with Crippen LogP contribution in [-0.2, 0) is 13.0 Å². The van der Waals surface area contributed by atoms with Crippen LogP contribution in [0.3, 0.4) is 0 Å². The highest BCUT2D eigenvalue weighted by Crippen LogP contribution is 2.21. The number of pyridine rings is 1. The van der Waals surface area contributed by atoms with Crippen LogP contribution < -0.4 is 10.2 Å². The Morgan fingerprint density at radius 3 is 2.60 bits per heavy atom. The molecule has 0 aliphatic rings. The Labute approximate surface area is 121 Å². The number of nitrogens with one attached hydrogen (secondary N) is 1. The molecule has 0 aliphatic heterocycles. The molecule has 0 atom stereocenters. The molecule has 0 unspecified atom stereocenters. The lowest BCUT2D eigenvalue weighted by molar-refractivity contribution is 0.800. The molecule has 3 heteroatoms. The van der Waals surface area contributed by atoms with E-state index in [4.69, 9.17) is 0 Å². The lowest BCUT2D eigenvalue weighted by Crippen LogP contribution is -2.22. The van der Waals surface area contributed by atoms with Gasteiger partial charge in [0.1, 0.15) is 0 Å². The molecule has 0 fully saturated rings. The van der Waals surface area contributed by atoms with E-state index in [0.717, 1.165) is 19.5 Å². The van der Waals surface area contributed by atoms with Gasteiger partial charge in [-0.1, -0.05) is 17.7 Å². The van der Waals surface area contributed by atoms with E-state index >= 15 is 0 Å². The van der Waals surface area contributed by atoms with Gasteiger partial charge in [-0.25, -0.2) is 0 Å². The molecule has 1 aromatic carbocycles. The monoisotopic (exact) mass is 269 g/mol. The largest absolute Gasteiger partial charge is 0.374 e. The second kappa shape index (κ2) is 7.06. The highest BCUT2D eigenvalue weighted by molar-refractivity contribution is 5.54. The number of hydrogen-bond acceptors (Lipinski definition) is 3. The van der Waals surface area contributed by atoms with Gasteiger partial charge < -0.3 is 10.2 Å². The molecule has 0 spiro atoms. The predicted octanol–water partition coefficient (Wildman–Crippen LogP) is 2.79. The smallest absolute Gasteiger partial charge is 0.0409 e. The van der Waals surface area contributed by atoms with E-state index in [9.17, 15) is 0 Å². The van der Waals surface area contributed by atoms with E-state index in [1.807, 2.05) is 19.4 Å². The van der Waals surface area contributed by atoms with Crippen molar-refractivity contribution in [3.8, 4) is 0 Å². The molecular weight excluding hydrogens is 246 g/mol. The minimum Gasteiger partial charge on any atom is -0.374 e. The van der Waals surface area contributed by atoms with Crippen LogP contribution in [0, 0.1) is 6.92 Å². The van der Waals surface area contributed by atoms with Gasteiger partial charge in [-0.2, -0.15) is 0 Å². The van der Waals surface area contributed by atoms with Crippen molar-refractivity contribution < 1.29 is 0 Å². The number of benzene rings is 1. The summed E-state index contributed by atoms with van der Waals surface area (Å²) in [6.07, 6.45) is 4.74. The molecule has 2 rings (SSSR count). The fraction of sp³-hybridized carbons (Fsp3) is 0.353. The molecule has 0 amide bonds. The van der Waals surface area contributed by atoms with Gasteiger partial charge >= 0.3 is 0 Å². The van der Waals surface area contributed by atoms with Crippen LogP contribution >= 0.6 is 0 Å². The number of anilines is 1. The number of likely N-dealkylation sites (N-methyl/N-ethyl adjacent to an activating group) is 1. The SMILES string of the molecule is CNCc1cc(C)ccc1N(C)CCc1ccncc1. The molecule has 20 heavy (non-hydrogen) atoms. The lowest BCUT2D eigenvalue weighted by Gasteiger charge is -2.23. The van der Waals surface area contributed by atoms with Gasteiger partial charge in [-0.05, 0) is 49.7 Å². The Morgan fingerprint density at radius 2 is 1.90 bits per heavy atom. The second-order valence-electron chi connectivity index (χ2n) is 5.19. The highest BCUT2D eigenvalue weighted by atomic mass is 15.1. The zero-order valence-electron chi connectivity index (χ0n) is 12.6. The average Bonchev–Trinajstić information content (AvgIpc) is 2.46. The van der Waals surface area contributed by atoms with Crippen LogP contribution in [0.25, 0.3) is 0 Å². The van der Waals surface area contributed by atoms with Crippen LogP contribution in [-0.4, -0.2) is 25.6 Å². The maximum atomic E-state index is 4.06. The topological polar surface area (TPSA) is 28.2 Å². The van der Waals surface area contributed by atoms with Crippen molar-refractivity contribution >= 4 is 5.69 Å². The van der Waals surface area contributed by atoms with Gasteiger partial charge in [0.2, 0.25) is 0 Å². The first-order valence-electron chi connectivity index (χ1n) is 7.05. The number of nitrogens with zero attached hydrogens (tertiary/aromatic N) is 2. The normalized spacial score (nSPS) is 10.6. The molecular formula is C17H23N3. The van der Waals surface area contributed by atoms with Crippen LogP contribution in [0.2, 0.25) is 0 Å². The summed E-state index contributed by atoms with van der Waals surface area (Å²) in [5.41, 5.74) is 5.29. The summed E-state index contributed by atoms with van der Waals surface area (Å²) >= 11 is 0. The molecule has 0 bridgehead atoms. The molecule has 1 heterocycles. The zero-order valence-corrected chi connectivity index (χ0v) is 12.6. The standard InChI is InChI=1S/C17H23N3/c1-14-4-5-17(16(12-14)13-18-2)20(3)11-8-15-6-9-19-10-7-15/h4-7,9-10,12,18H,8,11,13H2,1-3H3. The minimum absolute atomic E-state index is 0.899. The summed E-state index contributed by atoms with van der Waals surface area (Å²) < 4.78 is 0. The van der Waals surface area contributed by atoms with E-state index in [0.29, 0.717) is 0 Å². The van der Waals surface area contributed by atoms with E-state index < -0.39 is 0 Å². The van der Waals surface area contributed by atoms with Gasteiger partial charge in [-0.3, -0.25) is 4.98 Å². The Balaban J connectivity index is 2.06. The number of aryl methyl sites for hydroxylation is 1. The third-order valence-corrected chi connectivity index (χ3v) is 3.50. The molecule has 0 saturated carbocycles. The Hall–Kier alpha value is -1.87.